The SMILES string of the molecule is CCOC(=O)N1CCN(C(=O)COc2ccc(S(=O)(=O)N3CCc4ccccc43)cc2C)CC1. The molecule has 2 aromatic carbocycles. The molecule has 182 valence electrons. The average Bonchev–Trinajstić information content (AvgIpc) is 3.28. The fourth-order valence-electron chi connectivity index (χ4n) is 4.21. The zero-order valence-electron chi connectivity index (χ0n) is 19.4. The molecule has 0 spiro atoms. The van der Waals surface area contributed by atoms with Crippen LogP contribution in [0.15, 0.2) is 47.4 Å². The van der Waals surface area contributed by atoms with Crippen LogP contribution >= 0.6 is 0 Å². The Morgan fingerprint density at radius 3 is 2.38 bits per heavy atom. The van der Waals surface area contributed by atoms with Gasteiger partial charge in [-0.1, -0.05) is 18.2 Å². The van der Waals surface area contributed by atoms with E-state index in [1.165, 1.54) is 10.4 Å². The van der Waals surface area contributed by atoms with Crippen molar-refractivity contribution in [2.75, 3.05) is 50.2 Å². The molecule has 2 heterocycles. The van der Waals surface area contributed by atoms with Gasteiger partial charge in [0.2, 0.25) is 0 Å². The quantitative estimate of drug-likeness (QED) is 0.621. The van der Waals surface area contributed by atoms with E-state index in [1.54, 1.807) is 35.8 Å². The minimum absolute atomic E-state index is 0.161. The predicted octanol–water partition coefficient (Wildman–Crippen LogP) is 2.43. The first-order chi connectivity index (χ1) is 16.3. The largest absolute Gasteiger partial charge is 0.483 e. The zero-order chi connectivity index (χ0) is 24.3. The van der Waals surface area contributed by atoms with Gasteiger partial charge in [0.15, 0.2) is 6.61 Å². The van der Waals surface area contributed by atoms with Crippen LogP contribution < -0.4 is 9.04 Å². The molecule has 9 nitrogen and oxygen atoms in total. The molecule has 0 unspecified atom stereocenters. The molecule has 0 aromatic heterocycles. The van der Waals surface area contributed by atoms with E-state index in [0.29, 0.717) is 62.8 Å². The summed E-state index contributed by atoms with van der Waals surface area (Å²) in [6.45, 7) is 5.73. The summed E-state index contributed by atoms with van der Waals surface area (Å²) in [5.74, 6) is 0.271. The number of hydrogen-bond donors (Lipinski definition) is 0. The Bertz CT molecular complexity index is 1170. The number of para-hydroxylation sites is 1. The van der Waals surface area contributed by atoms with E-state index in [0.717, 1.165) is 5.56 Å². The Morgan fingerprint density at radius 1 is 0.971 bits per heavy atom. The number of piperazine rings is 1. The molecular formula is C24H29N3O6S. The highest BCUT2D eigenvalue weighted by atomic mass is 32.2. The minimum atomic E-state index is -3.70. The van der Waals surface area contributed by atoms with Crippen molar-refractivity contribution >= 4 is 27.7 Å². The molecule has 2 aliphatic heterocycles. The van der Waals surface area contributed by atoms with E-state index in [4.69, 9.17) is 9.47 Å². The van der Waals surface area contributed by atoms with Gasteiger partial charge in [-0.3, -0.25) is 9.10 Å². The van der Waals surface area contributed by atoms with E-state index in [-0.39, 0.29) is 23.5 Å². The highest BCUT2D eigenvalue weighted by Gasteiger charge is 2.31. The van der Waals surface area contributed by atoms with Crippen LogP contribution in [0.1, 0.15) is 18.1 Å². The summed E-state index contributed by atoms with van der Waals surface area (Å²) >= 11 is 0. The van der Waals surface area contributed by atoms with Crippen molar-refractivity contribution in [3.05, 3.63) is 53.6 Å². The third-order valence-electron chi connectivity index (χ3n) is 6.09. The second-order valence-electron chi connectivity index (χ2n) is 8.24. The number of aryl methyl sites for hydroxylation is 1. The van der Waals surface area contributed by atoms with Crippen molar-refractivity contribution in [1.82, 2.24) is 9.80 Å². The maximum absolute atomic E-state index is 13.2. The van der Waals surface area contributed by atoms with Crippen LogP contribution in [0, 0.1) is 6.92 Å². The number of nitrogens with zero attached hydrogens (tertiary/aromatic N) is 3. The molecule has 4 rings (SSSR count). The number of rotatable bonds is 6. The van der Waals surface area contributed by atoms with Crippen molar-refractivity contribution in [3.8, 4) is 5.75 Å². The topological polar surface area (TPSA) is 96.5 Å². The Labute approximate surface area is 199 Å². The van der Waals surface area contributed by atoms with Gasteiger partial charge in [0, 0.05) is 32.7 Å². The molecule has 1 saturated heterocycles. The lowest BCUT2D eigenvalue weighted by Gasteiger charge is -2.34. The fraction of sp³-hybridized carbons (Fsp3) is 0.417. The Hall–Kier alpha value is -3.27. The summed E-state index contributed by atoms with van der Waals surface area (Å²) in [6.07, 6.45) is 0.320. The van der Waals surface area contributed by atoms with E-state index in [1.807, 2.05) is 24.3 Å². The van der Waals surface area contributed by atoms with Crippen LogP contribution in [0.25, 0.3) is 0 Å². The average molecular weight is 488 g/mol. The van der Waals surface area contributed by atoms with Gasteiger partial charge >= 0.3 is 6.09 Å². The van der Waals surface area contributed by atoms with Crippen LogP contribution in [0.4, 0.5) is 10.5 Å². The van der Waals surface area contributed by atoms with E-state index in [2.05, 4.69) is 0 Å². The summed E-state index contributed by atoms with van der Waals surface area (Å²) in [7, 11) is -3.70. The molecular weight excluding hydrogens is 458 g/mol. The molecule has 2 aliphatic rings. The van der Waals surface area contributed by atoms with Gasteiger partial charge < -0.3 is 19.3 Å². The number of carbonyl (C=O) groups excluding carboxylic acids is 2. The number of ether oxygens (including phenoxy) is 2. The number of amides is 2. The van der Waals surface area contributed by atoms with E-state index in [9.17, 15) is 18.0 Å². The van der Waals surface area contributed by atoms with Crippen molar-refractivity contribution in [2.45, 2.75) is 25.2 Å². The molecule has 34 heavy (non-hydrogen) atoms. The summed E-state index contributed by atoms with van der Waals surface area (Å²) in [6, 6.07) is 12.2. The molecule has 0 bridgehead atoms. The van der Waals surface area contributed by atoms with Crippen molar-refractivity contribution < 1.29 is 27.5 Å². The van der Waals surface area contributed by atoms with Gasteiger partial charge in [-0.25, -0.2) is 13.2 Å². The second kappa shape index (κ2) is 9.92. The van der Waals surface area contributed by atoms with Gasteiger partial charge in [0.25, 0.3) is 15.9 Å². The lowest BCUT2D eigenvalue weighted by Crippen LogP contribution is -2.51. The summed E-state index contributed by atoms with van der Waals surface area (Å²) in [5, 5.41) is 0. The number of carbonyl (C=O) groups is 2. The lowest BCUT2D eigenvalue weighted by atomic mass is 10.2. The van der Waals surface area contributed by atoms with Gasteiger partial charge in [-0.15, -0.1) is 0 Å². The summed E-state index contributed by atoms with van der Waals surface area (Å²) in [5.41, 5.74) is 2.37. The number of anilines is 1. The first-order valence-corrected chi connectivity index (χ1v) is 12.8. The lowest BCUT2D eigenvalue weighted by molar-refractivity contribution is -0.134. The van der Waals surface area contributed by atoms with E-state index < -0.39 is 10.0 Å². The first-order valence-electron chi connectivity index (χ1n) is 11.3. The van der Waals surface area contributed by atoms with Crippen LogP contribution in [-0.2, 0) is 26.0 Å². The monoisotopic (exact) mass is 487 g/mol. The van der Waals surface area contributed by atoms with Crippen molar-refractivity contribution in [1.29, 1.82) is 0 Å². The number of hydrogen-bond acceptors (Lipinski definition) is 6. The summed E-state index contributed by atoms with van der Waals surface area (Å²) < 4.78 is 38.6. The first kappa shape index (κ1) is 23.9. The Morgan fingerprint density at radius 2 is 1.68 bits per heavy atom. The third kappa shape index (κ3) is 4.82. The third-order valence-corrected chi connectivity index (χ3v) is 7.90. The van der Waals surface area contributed by atoms with Crippen molar-refractivity contribution in [2.24, 2.45) is 0 Å². The Kier molecular flexibility index (Phi) is 6.97. The van der Waals surface area contributed by atoms with Gasteiger partial charge in [0.05, 0.1) is 17.2 Å². The molecule has 0 radical (unpaired) electrons. The van der Waals surface area contributed by atoms with Gasteiger partial charge in [-0.05, 0) is 55.7 Å². The van der Waals surface area contributed by atoms with Gasteiger partial charge in [0.1, 0.15) is 5.75 Å². The number of sulfonamides is 1. The molecule has 0 atom stereocenters. The standard InChI is InChI=1S/C24H29N3O6S/c1-3-32-24(29)26-14-12-25(13-15-26)23(28)17-33-22-9-8-20(16-18(22)2)34(30,31)27-11-10-19-6-4-5-7-21(19)27/h4-9,16H,3,10-15,17H2,1-2H3. The molecule has 0 N–H and O–H groups in total. The predicted molar refractivity (Wildman–Crippen MR) is 127 cm³/mol. The van der Waals surface area contributed by atoms with Crippen LogP contribution in [-0.4, -0.2) is 76.2 Å². The minimum Gasteiger partial charge on any atom is -0.483 e. The molecule has 10 heteroatoms. The summed E-state index contributed by atoms with van der Waals surface area (Å²) in [4.78, 5) is 27.8. The maximum atomic E-state index is 13.2. The number of benzene rings is 2. The van der Waals surface area contributed by atoms with E-state index >= 15 is 0 Å². The highest BCUT2D eigenvalue weighted by Crippen LogP contribution is 2.33. The molecule has 0 aliphatic carbocycles. The van der Waals surface area contributed by atoms with Crippen LogP contribution in [0.2, 0.25) is 0 Å². The molecule has 2 amide bonds. The normalized spacial score (nSPS) is 15.8. The zero-order valence-corrected chi connectivity index (χ0v) is 20.2. The maximum Gasteiger partial charge on any atom is 0.409 e. The fourth-order valence-corrected chi connectivity index (χ4v) is 5.80. The second-order valence-corrected chi connectivity index (χ2v) is 10.1. The van der Waals surface area contributed by atoms with Crippen LogP contribution in [0.3, 0.4) is 0 Å². The highest BCUT2D eigenvalue weighted by molar-refractivity contribution is 7.92. The van der Waals surface area contributed by atoms with Gasteiger partial charge in [-0.2, -0.15) is 0 Å². The smallest absolute Gasteiger partial charge is 0.409 e. The molecule has 1 fully saturated rings. The van der Waals surface area contributed by atoms with Crippen LogP contribution in [0.5, 0.6) is 5.75 Å². The number of fused-ring (bicyclic) bond motifs is 1. The molecule has 0 saturated carbocycles. The molecule has 2 aromatic rings. The Balaban J connectivity index is 1.36. The van der Waals surface area contributed by atoms with Crippen molar-refractivity contribution in [3.63, 3.8) is 0 Å².